The number of nitrogens with one attached hydrogen (secondary N) is 1. The van der Waals surface area contributed by atoms with Crippen LogP contribution in [0.25, 0.3) is 0 Å². The van der Waals surface area contributed by atoms with Crippen LogP contribution in [0.3, 0.4) is 0 Å². The van der Waals surface area contributed by atoms with Crippen LogP contribution in [0, 0.1) is 11.8 Å². The van der Waals surface area contributed by atoms with Gasteiger partial charge in [0.25, 0.3) is 0 Å². The molecule has 26 heavy (non-hydrogen) atoms. The topological polar surface area (TPSA) is 78.9 Å². The molecule has 1 heterocycles. The normalized spacial score (nSPS) is 19.7. The molecule has 2 atom stereocenters. The van der Waals surface area contributed by atoms with Gasteiger partial charge in [-0.25, -0.2) is 4.79 Å². The number of carbonyl (C=O) groups excluding carboxylic acids is 1. The molecule has 2 aromatic carbocycles. The predicted octanol–water partition coefficient (Wildman–Crippen LogP) is 4.05. The minimum atomic E-state index is -0.859. The van der Waals surface area contributed by atoms with Gasteiger partial charge in [0.05, 0.1) is 11.6 Å². The van der Waals surface area contributed by atoms with Gasteiger partial charge in [0.2, 0.25) is 0 Å². The monoisotopic (exact) mass is 354 g/mol. The average molecular weight is 354 g/mol. The van der Waals surface area contributed by atoms with E-state index in [0.29, 0.717) is 30.2 Å². The van der Waals surface area contributed by atoms with Crippen molar-refractivity contribution in [3.63, 3.8) is 0 Å². The number of rotatable bonds is 4. The highest BCUT2D eigenvalue weighted by Crippen LogP contribution is 2.30. The summed E-state index contributed by atoms with van der Waals surface area (Å²) in [5.41, 5.74) is 0.548. The molecule has 0 bridgehead atoms. The Kier molecular flexibility index (Phi) is 5.41. The first-order valence-corrected chi connectivity index (χ1v) is 8.63. The van der Waals surface area contributed by atoms with E-state index in [-0.39, 0.29) is 18.5 Å². The van der Waals surface area contributed by atoms with Crippen molar-refractivity contribution in [3.8, 4) is 11.5 Å². The number of urea groups is 1. The Hall–Kier alpha value is -3.02. The Balaban J connectivity index is 1.72. The molecule has 0 saturated carbocycles. The number of ether oxygens (including phenoxy) is 1. The lowest BCUT2D eigenvalue weighted by atomic mass is 9.91. The second-order valence-electron chi connectivity index (χ2n) is 6.62. The summed E-state index contributed by atoms with van der Waals surface area (Å²) in [7, 11) is 0. The quantitative estimate of drug-likeness (QED) is 0.868. The van der Waals surface area contributed by atoms with Gasteiger partial charge in [-0.1, -0.05) is 37.3 Å². The van der Waals surface area contributed by atoms with Crippen molar-refractivity contribution in [1.82, 2.24) is 4.90 Å². The number of hydrogen-bond acceptors (Lipinski definition) is 3. The number of anilines is 1. The third kappa shape index (κ3) is 4.33. The lowest BCUT2D eigenvalue weighted by Gasteiger charge is -2.34. The van der Waals surface area contributed by atoms with E-state index in [0.717, 1.165) is 0 Å². The number of carboxylic acids is 1. The molecule has 1 fully saturated rings. The number of aliphatic carboxylic acids is 1. The summed E-state index contributed by atoms with van der Waals surface area (Å²) in [6.07, 6.45) is 0.590. The summed E-state index contributed by atoms with van der Waals surface area (Å²) in [5, 5.41) is 12.1. The van der Waals surface area contributed by atoms with Gasteiger partial charge >= 0.3 is 12.0 Å². The molecule has 6 nitrogen and oxygen atoms in total. The van der Waals surface area contributed by atoms with E-state index in [1.54, 1.807) is 17.0 Å². The van der Waals surface area contributed by atoms with Crippen molar-refractivity contribution in [1.29, 1.82) is 0 Å². The van der Waals surface area contributed by atoms with Gasteiger partial charge in [0, 0.05) is 13.1 Å². The van der Waals surface area contributed by atoms with Gasteiger partial charge in [-0.05, 0) is 36.6 Å². The zero-order valence-corrected chi connectivity index (χ0v) is 14.6. The summed E-state index contributed by atoms with van der Waals surface area (Å²) in [6, 6.07) is 16.2. The third-order valence-electron chi connectivity index (χ3n) is 4.40. The Morgan fingerprint density at radius 1 is 1.08 bits per heavy atom. The molecule has 2 amide bonds. The van der Waals surface area contributed by atoms with Crippen LogP contribution in [-0.4, -0.2) is 35.1 Å². The lowest BCUT2D eigenvalue weighted by molar-refractivity contribution is -0.143. The minimum Gasteiger partial charge on any atom is -0.481 e. The van der Waals surface area contributed by atoms with Crippen LogP contribution in [0.1, 0.15) is 13.3 Å². The summed E-state index contributed by atoms with van der Waals surface area (Å²) in [6.45, 7) is 2.71. The van der Waals surface area contributed by atoms with E-state index in [1.807, 2.05) is 49.4 Å². The Morgan fingerprint density at radius 3 is 2.50 bits per heavy atom. The van der Waals surface area contributed by atoms with Gasteiger partial charge in [0.15, 0.2) is 5.75 Å². The highest BCUT2D eigenvalue weighted by Gasteiger charge is 2.32. The predicted molar refractivity (Wildman–Crippen MR) is 98.5 cm³/mol. The highest BCUT2D eigenvalue weighted by atomic mass is 16.5. The van der Waals surface area contributed by atoms with E-state index < -0.39 is 11.9 Å². The number of likely N-dealkylation sites (tertiary alicyclic amines) is 1. The van der Waals surface area contributed by atoms with Crippen LogP contribution in [-0.2, 0) is 4.79 Å². The van der Waals surface area contributed by atoms with E-state index in [4.69, 9.17) is 4.74 Å². The maximum absolute atomic E-state index is 12.7. The number of carboxylic acid groups (broad SMARTS) is 1. The Bertz CT molecular complexity index is 778. The second-order valence-corrected chi connectivity index (χ2v) is 6.62. The number of amides is 2. The molecule has 2 aromatic rings. The van der Waals surface area contributed by atoms with Crippen molar-refractivity contribution < 1.29 is 19.4 Å². The van der Waals surface area contributed by atoms with Crippen LogP contribution in [0.15, 0.2) is 54.6 Å². The number of piperidine rings is 1. The number of hydrogen-bond donors (Lipinski definition) is 2. The van der Waals surface area contributed by atoms with Crippen LogP contribution in [0.2, 0.25) is 0 Å². The first kappa shape index (κ1) is 17.8. The molecule has 1 aliphatic heterocycles. The van der Waals surface area contributed by atoms with Gasteiger partial charge in [0.1, 0.15) is 5.75 Å². The fourth-order valence-corrected chi connectivity index (χ4v) is 3.16. The SMILES string of the molecule is CC1CC(C(=O)O)CN(C(=O)Nc2ccccc2Oc2ccccc2)C1. The van der Waals surface area contributed by atoms with Crippen LogP contribution in [0.5, 0.6) is 11.5 Å². The Labute approximate surface area is 152 Å². The minimum absolute atomic E-state index is 0.145. The molecule has 2 unspecified atom stereocenters. The van der Waals surface area contributed by atoms with E-state index in [9.17, 15) is 14.7 Å². The maximum Gasteiger partial charge on any atom is 0.321 e. The van der Waals surface area contributed by atoms with Crippen molar-refractivity contribution in [2.45, 2.75) is 13.3 Å². The molecule has 2 N–H and O–H groups in total. The molecule has 0 aromatic heterocycles. The molecule has 0 radical (unpaired) electrons. The van der Waals surface area contributed by atoms with Gasteiger partial charge in [-0.15, -0.1) is 0 Å². The van der Waals surface area contributed by atoms with E-state index in [1.165, 1.54) is 0 Å². The Morgan fingerprint density at radius 2 is 1.77 bits per heavy atom. The largest absolute Gasteiger partial charge is 0.481 e. The number of nitrogens with zero attached hydrogens (tertiary/aromatic N) is 1. The third-order valence-corrected chi connectivity index (χ3v) is 4.40. The average Bonchev–Trinajstić information content (AvgIpc) is 2.63. The van der Waals surface area contributed by atoms with Crippen molar-refractivity contribution >= 4 is 17.7 Å². The molecule has 136 valence electrons. The zero-order chi connectivity index (χ0) is 18.5. The van der Waals surface area contributed by atoms with Gasteiger partial charge in [-0.3, -0.25) is 4.79 Å². The molecular weight excluding hydrogens is 332 g/mol. The molecule has 1 saturated heterocycles. The van der Waals surface area contributed by atoms with Crippen LogP contribution in [0.4, 0.5) is 10.5 Å². The standard InChI is InChI=1S/C20H22N2O4/c1-14-11-15(19(23)24)13-22(12-14)20(25)21-17-9-5-6-10-18(17)26-16-7-3-2-4-8-16/h2-10,14-15H,11-13H2,1H3,(H,21,25)(H,23,24). The summed E-state index contributed by atoms with van der Waals surface area (Å²) in [5.74, 6) is -0.0347. The summed E-state index contributed by atoms with van der Waals surface area (Å²) >= 11 is 0. The fourth-order valence-electron chi connectivity index (χ4n) is 3.16. The molecule has 3 rings (SSSR count). The molecule has 6 heteroatoms. The van der Waals surface area contributed by atoms with Crippen LogP contribution >= 0.6 is 0 Å². The fraction of sp³-hybridized carbons (Fsp3) is 0.300. The molecule has 1 aliphatic rings. The molecule has 0 spiro atoms. The van der Waals surface area contributed by atoms with Crippen molar-refractivity contribution in [3.05, 3.63) is 54.6 Å². The maximum atomic E-state index is 12.7. The second kappa shape index (κ2) is 7.91. The smallest absolute Gasteiger partial charge is 0.321 e. The first-order chi connectivity index (χ1) is 12.5. The lowest BCUT2D eigenvalue weighted by Crippen LogP contribution is -2.47. The van der Waals surface area contributed by atoms with E-state index in [2.05, 4.69) is 5.32 Å². The van der Waals surface area contributed by atoms with Gasteiger partial charge < -0.3 is 20.1 Å². The van der Waals surface area contributed by atoms with Crippen LogP contribution < -0.4 is 10.1 Å². The van der Waals surface area contributed by atoms with Crippen molar-refractivity contribution in [2.75, 3.05) is 18.4 Å². The molecule has 0 aliphatic carbocycles. The van der Waals surface area contributed by atoms with Gasteiger partial charge in [-0.2, -0.15) is 0 Å². The number of carbonyl (C=O) groups is 2. The highest BCUT2D eigenvalue weighted by molar-refractivity contribution is 5.91. The van der Waals surface area contributed by atoms with E-state index >= 15 is 0 Å². The first-order valence-electron chi connectivity index (χ1n) is 8.63. The van der Waals surface area contributed by atoms with Crippen molar-refractivity contribution in [2.24, 2.45) is 11.8 Å². The summed E-state index contributed by atoms with van der Waals surface area (Å²) in [4.78, 5) is 25.5. The number of para-hydroxylation sites is 3. The number of benzene rings is 2. The zero-order valence-electron chi connectivity index (χ0n) is 14.6. The molecular formula is C20H22N2O4. The summed E-state index contributed by atoms with van der Waals surface area (Å²) < 4.78 is 5.85.